The zero-order valence-electron chi connectivity index (χ0n) is 17.4. The Hall–Kier alpha value is -2.13. The maximum Gasteiger partial charge on any atom is 0.237 e. The number of carbonyl (C=O) groups is 1. The minimum absolute atomic E-state index is 0.0111. The van der Waals surface area contributed by atoms with Crippen LogP contribution in [0.3, 0.4) is 0 Å². The van der Waals surface area contributed by atoms with Crippen LogP contribution in [0.2, 0.25) is 10.0 Å². The number of amides is 1. The highest BCUT2D eigenvalue weighted by Crippen LogP contribution is 2.30. The zero-order chi connectivity index (χ0) is 22.7. The largest absolute Gasteiger partial charge is 0.325 e. The quantitative estimate of drug-likeness (QED) is 0.454. The smallest absolute Gasteiger partial charge is 0.237 e. The Morgan fingerprint density at radius 1 is 1.13 bits per heavy atom. The van der Waals surface area contributed by atoms with Crippen LogP contribution in [0.25, 0.3) is 5.69 Å². The van der Waals surface area contributed by atoms with Crippen LogP contribution >= 0.6 is 35.0 Å². The number of benzene rings is 2. The van der Waals surface area contributed by atoms with Gasteiger partial charge < -0.3 is 5.32 Å². The highest BCUT2D eigenvalue weighted by Gasteiger charge is 2.24. The van der Waals surface area contributed by atoms with Gasteiger partial charge in [-0.25, -0.2) is 4.39 Å². The molecule has 1 amide bonds. The average Bonchev–Trinajstić information content (AvgIpc) is 3.13. The number of nitrogens with one attached hydrogen (secondary N) is 1. The number of halogens is 3. The van der Waals surface area contributed by atoms with Crippen LogP contribution in [0.15, 0.2) is 47.6 Å². The summed E-state index contributed by atoms with van der Waals surface area (Å²) < 4.78 is 15.3. The summed E-state index contributed by atoms with van der Waals surface area (Å²) in [5, 5.41) is 12.1. The summed E-state index contributed by atoms with van der Waals surface area (Å²) in [5.74, 6) is -0.0611. The Morgan fingerprint density at radius 2 is 1.81 bits per heavy atom. The van der Waals surface area contributed by atoms with E-state index in [0.29, 0.717) is 15.9 Å². The van der Waals surface area contributed by atoms with Crippen LogP contribution in [0, 0.1) is 5.82 Å². The predicted molar refractivity (Wildman–Crippen MR) is 124 cm³/mol. The lowest BCUT2D eigenvalue weighted by Gasteiger charge is -2.21. The molecule has 0 aliphatic rings. The van der Waals surface area contributed by atoms with Gasteiger partial charge in [-0.05, 0) is 70.4 Å². The minimum Gasteiger partial charge on any atom is -0.325 e. The van der Waals surface area contributed by atoms with Crippen LogP contribution in [0.5, 0.6) is 0 Å². The number of thioether (sulfide) groups is 1. The lowest BCUT2D eigenvalue weighted by molar-refractivity contribution is -0.115. The van der Waals surface area contributed by atoms with Crippen LogP contribution in [0.1, 0.15) is 25.7 Å². The molecule has 0 aliphatic carbocycles. The first-order valence-corrected chi connectivity index (χ1v) is 11.1. The second kappa shape index (κ2) is 9.99. The van der Waals surface area contributed by atoms with Gasteiger partial charge in [0.15, 0.2) is 11.0 Å². The lowest BCUT2D eigenvalue weighted by Crippen LogP contribution is -2.23. The highest BCUT2D eigenvalue weighted by molar-refractivity contribution is 8.00. The number of nitrogens with zero attached hydrogens (tertiary/aromatic N) is 4. The molecule has 2 unspecified atom stereocenters. The second-order valence-electron chi connectivity index (χ2n) is 7.17. The van der Waals surface area contributed by atoms with Gasteiger partial charge in [-0.1, -0.05) is 35.0 Å². The van der Waals surface area contributed by atoms with E-state index in [1.807, 2.05) is 42.6 Å². The van der Waals surface area contributed by atoms with Gasteiger partial charge in [0, 0.05) is 16.4 Å². The molecule has 1 N–H and O–H groups in total. The van der Waals surface area contributed by atoms with Gasteiger partial charge in [-0.2, -0.15) is 0 Å². The molecular formula is C21H22Cl2FN5OS. The molecule has 0 spiro atoms. The van der Waals surface area contributed by atoms with Crippen LogP contribution in [-0.4, -0.2) is 44.9 Å². The van der Waals surface area contributed by atoms with E-state index in [-0.39, 0.29) is 17.0 Å². The first kappa shape index (κ1) is 23.5. The molecule has 2 atom stereocenters. The maximum atomic E-state index is 13.4. The number of carbonyl (C=O) groups excluding carboxylic acids is 1. The van der Waals surface area contributed by atoms with E-state index in [0.717, 1.165) is 11.5 Å². The van der Waals surface area contributed by atoms with E-state index in [4.69, 9.17) is 23.2 Å². The Bertz CT molecular complexity index is 1070. The van der Waals surface area contributed by atoms with Gasteiger partial charge in [0.05, 0.1) is 16.3 Å². The predicted octanol–water partition coefficient (Wildman–Crippen LogP) is 5.46. The Morgan fingerprint density at radius 3 is 2.42 bits per heavy atom. The van der Waals surface area contributed by atoms with Crippen molar-refractivity contribution in [1.29, 1.82) is 0 Å². The van der Waals surface area contributed by atoms with Crippen molar-refractivity contribution in [3.8, 4) is 5.69 Å². The monoisotopic (exact) mass is 481 g/mol. The van der Waals surface area contributed by atoms with Gasteiger partial charge in [0.25, 0.3) is 0 Å². The van der Waals surface area contributed by atoms with Crippen molar-refractivity contribution in [2.45, 2.75) is 30.3 Å². The third kappa shape index (κ3) is 5.57. The first-order valence-electron chi connectivity index (χ1n) is 9.47. The molecule has 0 bridgehead atoms. The van der Waals surface area contributed by atoms with Crippen LogP contribution in [-0.2, 0) is 4.79 Å². The summed E-state index contributed by atoms with van der Waals surface area (Å²) in [5.41, 5.74) is 1.27. The molecule has 31 heavy (non-hydrogen) atoms. The first-order chi connectivity index (χ1) is 14.7. The molecule has 0 saturated heterocycles. The zero-order valence-corrected chi connectivity index (χ0v) is 19.8. The molecule has 6 nitrogen and oxygen atoms in total. The van der Waals surface area contributed by atoms with Crippen LogP contribution in [0.4, 0.5) is 10.1 Å². The van der Waals surface area contributed by atoms with E-state index in [1.165, 1.54) is 30.0 Å². The van der Waals surface area contributed by atoms with Gasteiger partial charge in [-0.15, -0.1) is 10.2 Å². The molecule has 3 rings (SSSR count). The van der Waals surface area contributed by atoms with Gasteiger partial charge in [0.1, 0.15) is 5.82 Å². The Labute approximate surface area is 194 Å². The fourth-order valence-electron chi connectivity index (χ4n) is 2.72. The van der Waals surface area contributed by atoms with Crippen molar-refractivity contribution in [3.05, 3.63) is 64.2 Å². The third-order valence-electron chi connectivity index (χ3n) is 4.73. The van der Waals surface area contributed by atoms with Crippen molar-refractivity contribution in [2.75, 3.05) is 19.4 Å². The molecular weight excluding hydrogens is 460 g/mol. The summed E-state index contributed by atoms with van der Waals surface area (Å²) in [6.07, 6.45) is 0. The number of aromatic nitrogens is 3. The molecule has 0 fully saturated rings. The molecule has 1 heterocycles. The van der Waals surface area contributed by atoms with Gasteiger partial charge in [0.2, 0.25) is 5.91 Å². The van der Waals surface area contributed by atoms with Crippen LogP contribution < -0.4 is 5.32 Å². The fraction of sp³-hybridized carbons (Fsp3) is 0.286. The molecule has 0 saturated carbocycles. The number of hydrogen-bond donors (Lipinski definition) is 1. The SMILES string of the molecule is CC(Sc1nnc(C(C)N(C)C)n1-c1ccc(Cl)cc1)C(=O)Nc1ccc(F)c(Cl)c1. The van der Waals surface area contributed by atoms with E-state index < -0.39 is 11.1 Å². The Balaban J connectivity index is 1.86. The summed E-state index contributed by atoms with van der Waals surface area (Å²) in [6.45, 7) is 3.79. The normalized spacial score (nSPS) is 13.3. The van der Waals surface area contributed by atoms with E-state index in [1.54, 1.807) is 19.1 Å². The van der Waals surface area contributed by atoms with E-state index in [9.17, 15) is 9.18 Å². The summed E-state index contributed by atoms with van der Waals surface area (Å²) in [7, 11) is 3.92. The summed E-state index contributed by atoms with van der Waals surface area (Å²) in [4.78, 5) is 14.7. The van der Waals surface area contributed by atoms with Crippen molar-refractivity contribution in [2.24, 2.45) is 0 Å². The Kier molecular flexibility index (Phi) is 7.59. The van der Waals surface area contributed by atoms with Crippen molar-refractivity contribution in [3.63, 3.8) is 0 Å². The fourth-order valence-corrected chi connectivity index (χ4v) is 3.90. The van der Waals surface area contributed by atoms with Crippen molar-refractivity contribution >= 4 is 46.6 Å². The van der Waals surface area contributed by atoms with Crippen molar-refractivity contribution in [1.82, 2.24) is 19.7 Å². The molecule has 3 aromatic rings. The number of anilines is 1. The standard InChI is InChI=1S/C21H22Cl2FN5OS/c1-12(28(3)4)19-26-27-21(29(19)16-8-5-14(22)6-9-16)31-13(2)20(30)25-15-7-10-18(24)17(23)11-15/h5-13H,1-4H3,(H,25,30). The third-order valence-corrected chi connectivity index (χ3v) is 6.31. The average molecular weight is 482 g/mol. The van der Waals surface area contributed by atoms with Crippen molar-refractivity contribution < 1.29 is 9.18 Å². The molecule has 10 heteroatoms. The number of rotatable bonds is 7. The summed E-state index contributed by atoms with van der Waals surface area (Å²) >= 11 is 13.1. The molecule has 0 aliphatic heterocycles. The molecule has 0 radical (unpaired) electrons. The maximum absolute atomic E-state index is 13.4. The van der Waals surface area contributed by atoms with Gasteiger partial charge >= 0.3 is 0 Å². The van der Waals surface area contributed by atoms with Gasteiger partial charge in [-0.3, -0.25) is 14.3 Å². The summed E-state index contributed by atoms with van der Waals surface area (Å²) in [6, 6.07) is 11.4. The minimum atomic E-state index is -0.541. The number of hydrogen-bond acceptors (Lipinski definition) is 5. The van der Waals surface area contributed by atoms with E-state index >= 15 is 0 Å². The lowest BCUT2D eigenvalue weighted by atomic mass is 10.2. The second-order valence-corrected chi connectivity index (χ2v) is 9.32. The highest BCUT2D eigenvalue weighted by atomic mass is 35.5. The topological polar surface area (TPSA) is 63.1 Å². The molecule has 2 aromatic carbocycles. The van der Waals surface area contributed by atoms with E-state index in [2.05, 4.69) is 15.5 Å². The molecule has 1 aromatic heterocycles. The molecule has 164 valence electrons.